The summed E-state index contributed by atoms with van der Waals surface area (Å²) in [4.78, 5) is 12.9. The van der Waals surface area contributed by atoms with Crippen molar-refractivity contribution in [2.75, 3.05) is 29.9 Å². The van der Waals surface area contributed by atoms with Crippen molar-refractivity contribution in [1.82, 2.24) is 5.32 Å². The van der Waals surface area contributed by atoms with Crippen LogP contribution in [0.25, 0.3) is 22.3 Å². The molecule has 4 rings (SSSR count). The molecule has 9 nitrogen and oxygen atoms in total. The maximum absolute atomic E-state index is 13.5. The van der Waals surface area contributed by atoms with E-state index in [1.807, 2.05) is 0 Å². The number of sulfonamides is 1. The summed E-state index contributed by atoms with van der Waals surface area (Å²) in [5.74, 6) is -1.06. The molecule has 0 bridgehead atoms. The number of furan rings is 1. The zero-order valence-electron chi connectivity index (χ0n) is 22.0. The summed E-state index contributed by atoms with van der Waals surface area (Å²) in [6, 6.07) is 8.62. The summed E-state index contributed by atoms with van der Waals surface area (Å²) in [6.45, 7) is 6.23. The van der Waals surface area contributed by atoms with Crippen LogP contribution in [-0.4, -0.2) is 59.2 Å². The molecule has 2 atom stereocenters. The Kier molecular flexibility index (Phi) is 7.13. The van der Waals surface area contributed by atoms with Crippen molar-refractivity contribution in [3.8, 4) is 11.3 Å². The van der Waals surface area contributed by atoms with Gasteiger partial charge in [-0.2, -0.15) is 0 Å². The lowest BCUT2D eigenvalue weighted by molar-refractivity contribution is 0.0191. The standard InChI is InChI=1S/C26H31FN2O7S2/c1-15-19-11-20-22(36-24(23(20)25(30)28-5)16-7-9-17(27)10-8-16)12-21(19)29(37(6,31)32)13-18(35-15)14-38(33,34)26(2,3)4/h7-12,15,18H,13-14H2,1-6H3,(H,28,30)/t15-,18-/m0/s1. The molecule has 3 aromatic rings. The predicted molar refractivity (Wildman–Crippen MR) is 144 cm³/mol. The zero-order valence-corrected chi connectivity index (χ0v) is 23.7. The molecule has 1 aliphatic heterocycles. The molecule has 0 unspecified atom stereocenters. The highest BCUT2D eigenvalue weighted by Crippen LogP contribution is 2.42. The molecule has 1 aliphatic rings. The molecule has 2 aromatic carbocycles. The van der Waals surface area contributed by atoms with Crippen molar-refractivity contribution < 1.29 is 35.2 Å². The Balaban J connectivity index is 1.92. The number of benzene rings is 2. The minimum absolute atomic E-state index is 0.200. The minimum Gasteiger partial charge on any atom is -0.455 e. The normalized spacial score (nSPS) is 18.8. The van der Waals surface area contributed by atoms with E-state index in [1.54, 1.807) is 33.8 Å². The number of hydrogen-bond acceptors (Lipinski definition) is 7. The second-order valence-corrected chi connectivity index (χ2v) is 15.1. The molecule has 0 spiro atoms. The van der Waals surface area contributed by atoms with Gasteiger partial charge in [0.2, 0.25) is 10.0 Å². The van der Waals surface area contributed by atoms with E-state index in [0.717, 1.165) is 10.6 Å². The number of hydrogen-bond donors (Lipinski definition) is 1. The smallest absolute Gasteiger partial charge is 0.255 e. The number of nitrogens with zero attached hydrogens (tertiary/aromatic N) is 1. The molecular formula is C26H31FN2O7S2. The SMILES string of the molecule is CNC(=O)c1c(-c2ccc(F)cc2)oc2cc3c(cc12)[C@H](C)O[C@H](CS(=O)(=O)C(C)(C)C)CN3S(C)(=O)=O. The number of carbonyl (C=O) groups excluding carboxylic acids is 1. The highest BCUT2D eigenvalue weighted by molar-refractivity contribution is 7.93. The Morgan fingerprint density at radius 3 is 2.32 bits per heavy atom. The first-order valence-electron chi connectivity index (χ1n) is 12.0. The van der Waals surface area contributed by atoms with E-state index in [9.17, 15) is 26.0 Å². The van der Waals surface area contributed by atoms with Gasteiger partial charge in [-0.1, -0.05) is 0 Å². The molecule has 0 fully saturated rings. The second kappa shape index (κ2) is 9.65. The van der Waals surface area contributed by atoms with E-state index in [0.29, 0.717) is 16.5 Å². The average molecular weight is 567 g/mol. The number of anilines is 1. The van der Waals surface area contributed by atoms with Crippen LogP contribution in [0.1, 0.15) is 49.7 Å². The molecule has 1 aromatic heterocycles. The van der Waals surface area contributed by atoms with Gasteiger partial charge in [0.25, 0.3) is 5.91 Å². The lowest BCUT2D eigenvalue weighted by Crippen LogP contribution is -2.43. The van der Waals surface area contributed by atoms with E-state index in [-0.39, 0.29) is 34.9 Å². The van der Waals surface area contributed by atoms with Gasteiger partial charge in [-0.15, -0.1) is 0 Å². The maximum atomic E-state index is 13.5. The fraction of sp³-hybridized carbons (Fsp3) is 0.423. The fourth-order valence-electron chi connectivity index (χ4n) is 4.43. The van der Waals surface area contributed by atoms with Gasteiger partial charge in [0.05, 0.1) is 46.8 Å². The van der Waals surface area contributed by atoms with Gasteiger partial charge in [-0.3, -0.25) is 9.10 Å². The van der Waals surface area contributed by atoms with Crippen LogP contribution in [0.4, 0.5) is 10.1 Å². The van der Waals surface area contributed by atoms with Crippen LogP contribution in [0, 0.1) is 5.82 Å². The topological polar surface area (TPSA) is 123 Å². The van der Waals surface area contributed by atoms with Crippen molar-refractivity contribution in [1.29, 1.82) is 0 Å². The molecule has 0 saturated carbocycles. The summed E-state index contributed by atoms with van der Waals surface area (Å²) < 4.78 is 77.5. The Morgan fingerprint density at radius 1 is 1.13 bits per heavy atom. The largest absolute Gasteiger partial charge is 0.455 e. The summed E-state index contributed by atoms with van der Waals surface area (Å²) in [5, 5.41) is 3.00. The third-order valence-electron chi connectivity index (χ3n) is 6.61. The number of sulfone groups is 1. The maximum Gasteiger partial charge on any atom is 0.255 e. The first kappa shape index (κ1) is 28.1. The number of halogens is 1. The van der Waals surface area contributed by atoms with Gasteiger partial charge in [0.15, 0.2) is 9.84 Å². The molecule has 206 valence electrons. The quantitative estimate of drug-likeness (QED) is 0.495. The average Bonchev–Trinajstić information content (AvgIpc) is 3.11. The Labute approximate surface area is 221 Å². The van der Waals surface area contributed by atoms with Gasteiger partial charge in [-0.05, 0) is 58.0 Å². The van der Waals surface area contributed by atoms with Crippen LogP contribution in [0.2, 0.25) is 0 Å². The Morgan fingerprint density at radius 2 is 1.76 bits per heavy atom. The molecule has 2 heterocycles. The van der Waals surface area contributed by atoms with Crippen molar-refractivity contribution in [2.45, 2.75) is 44.6 Å². The number of ether oxygens (including phenoxy) is 1. The van der Waals surface area contributed by atoms with Crippen molar-refractivity contribution in [3.05, 3.63) is 53.3 Å². The van der Waals surface area contributed by atoms with Gasteiger partial charge in [0.1, 0.15) is 17.2 Å². The molecule has 38 heavy (non-hydrogen) atoms. The molecular weight excluding hydrogens is 535 g/mol. The molecule has 0 aliphatic carbocycles. The lowest BCUT2D eigenvalue weighted by atomic mass is 10.0. The first-order valence-corrected chi connectivity index (χ1v) is 15.5. The zero-order chi connectivity index (χ0) is 28.2. The van der Waals surface area contributed by atoms with Gasteiger partial charge in [0, 0.05) is 29.6 Å². The van der Waals surface area contributed by atoms with E-state index in [4.69, 9.17) is 9.15 Å². The van der Waals surface area contributed by atoms with Crippen molar-refractivity contribution in [3.63, 3.8) is 0 Å². The number of carbonyl (C=O) groups is 1. The van der Waals surface area contributed by atoms with Crippen molar-refractivity contribution >= 4 is 42.4 Å². The third-order valence-corrected chi connectivity index (χ3v) is 10.4. The molecule has 1 N–H and O–H groups in total. The van der Waals surface area contributed by atoms with Crippen LogP contribution in [-0.2, 0) is 24.6 Å². The van der Waals surface area contributed by atoms with E-state index >= 15 is 0 Å². The molecule has 1 amide bonds. The van der Waals surface area contributed by atoms with E-state index < -0.39 is 48.5 Å². The van der Waals surface area contributed by atoms with Gasteiger partial charge >= 0.3 is 0 Å². The lowest BCUT2D eigenvalue weighted by Gasteiger charge is -2.27. The van der Waals surface area contributed by atoms with Crippen LogP contribution in [0.15, 0.2) is 40.8 Å². The van der Waals surface area contributed by atoms with Crippen LogP contribution >= 0.6 is 0 Å². The Bertz CT molecular complexity index is 1610. The van der Waals surface area contributed by atoms with Crippen LogP contribution < -0.4 is 9.62 Å². The number of rotatable bonds is 5. The van der Waals surface area contributed by atoms with Gasteiger partial charge in [-0.25, -0.2) is 21.2 Å². The predicted octanol–water partition coefficient (Wildman–Crippen LogP) is 4.04. The van der Waals surface area contributed by atoms with Crippen LogP contribution in [0.5, 0.6) is 0 Å². The second-order valence-electron chi connectivity index (χ2n) is 10.4. The van der Waals surface area contributed by atoms with E-state index in [1.165, 1.54) is 37.4 Å². The highest BCUT2D eigenvalue weighted by atomic mass is 32.2. The summed E-state index contributed by atoms with van der Waals surface area (Å²) in [5.41, 5.74) is 1.63. The molecule has 0 saturated heterocycles. The molecule has 12 heteroatoms. The summed E-state index contributed by atoms with van der Waals surface area (Å²) in [6.07, 6.45) is -0.604. The number of amides is 1. The van der Waals surface area contributed by atoms with E-state index in [2.05, 4.69) is 5.32 Å². The summed E-state index contributed by atoms with van der Waals surface area (Å²) in [7, 11) is -6.02. The monoisotopic (exact) mass is 566 g/mol. The Hall–Kier alpha value is -2.96. The van der Waals surface area contributed by atoms with Gasteiger partial charge < -0.3 is 14.5 Å². The number of fused-ring (bicyclic) bond motifs is 2. The minimum atomic E-state index is -3.86. The molecule has 0 radical (unpaired) electrons. The van der Waals surface area contributed by atoms with Crippen molar-refractivity contribution in [2.24, 2.45) is 0 Å². The third kappa shape index (κ3) is 5.16. The summed E-state index contributed by atoms with van der Waals surface area (Å²) >= 11 is 0. The first-order chi connectivity index (χ1) is 17.5. The number of nitrogens with one attached hydrogen (secondary N) is 1. The fourth-order valence-corrected chi connectivity index (χ4v) is 6.56. The highest BCUT2D eigenvalue weighted by Gasteiger charge is 2.38. The van der Waals surface area contributed by atoms with Crippen LogP contribution in [0.3, 0.4) is 0 Å².